The van der Waals surface area contributed by atoms with E-state index in [2.05, 4.69) is 47.0 Å². The van der Waals surface area contributed by atoms with Crippen LogP contribution in [0.1, 0.15) is 114 Å². The van der Waals surface area contributed by atoms with Crippen molar-refractivity contribution in [3.63, 3.8) is 0 Å². The number of alkyl carbamates (subject to hydrolysis) is 1. The van der Waals surface area contributed by atoms with Gasteiger partial charge in [-0.3, -0.25) is 19.2 Å². The standard InChI is InChI=1S/C39H66N6O7/c1-11-13-17-26(30(46)33(48)40-20-12-2)42-32(47)29-28-25(38(28,8)9)22-45(29)34(49)31(39(10)18-15-14-16-19-39)44-35(50)43-27(37(5,6)7)23-52-36(51)41-21-24(3)4/h12,24-29,31H,2,11,13-23H2,1,3-10H3,(H,40,48)(H,41,51)(H,42,47)(H2,43,44,50)/t25-,26?,27+,28-,29-,31+/m0/s1. The van der Waals surface area contributed by atoms with Gasteiger partial charge in [-0.15, -0.1) is 6.58 Å². The van der Waals surface area contributed by atoms with E-state index in [1.807, 2.05) is 48.5 Å². The molecule has 0 aromatic rings. The molecule has 294 valence electrons. The van der Waals surface area contributed by atoms with E-state index in [4.69, 9.17) is 4.74 Å². The highest BCUT2D eigenvalue weighted by Crippen LogP contribution is 2.65. The fourth-order valence-corrected chi connectivity index (χ4v) is 7.84. The smallest absolute Gasteiger partial charge is 0.407 e. The van der Waals surface area contributed by atoms with Crippen molar-refractivity contribution in [3.8, 4) is 0 Å². The molecule has 0 bridgehead atoms. The summed E-state index contributed by atoms with van der Waals surface area (Å²) in [6, 6.07) is -3.94. The third kappa shape index (κ3) is 10.7. The Bertz CT molecular complexity index is 1320. The molecule has 0 aromatic carbocycles. The lowest BCUT2D eigenvalue weighted by molar-refractivity contribution is -0.146. The molecule has 2 aliphatic carbocycles. The van der Waals surface area contributed by atoms with Crippen molar-refractivity contribution >= 4 is 35.6 Å². The molecular formula is C39H66N6O7. The summed E-state index contributed by atoms with van der Waals surface area (Å²) in [5, 5.41) is 14.1. The van der Waals surface area contributed by atoms with Crippen molar-refractivity contribution in [2.75, 3.05) is 26.2 Å². The summed E-state index contributed by atoms with van der Waals surface area (Å²) in [5.41, 5.74) is -1.24. The predicted octanol–water partition coefficient (Wildman–Crippen LogP) is 4.45. The molecule has 3 aliphatic rings. The fourth-order valence-electron chi connectivity index (χ4n) is 7.84. The van der Waals surface area contributed by atoms with E-state index >= 15 is 0 Å². The van der Waals surface area contributed by atoms with Crippen LogP contribution in [0.25, 0.3) is 0 Å². The van der Waals surface area contributed by atoms with Crippen molar-refractivity contribution in [1.82, 2.24) is 31.5 Å². The highest BCUT2D eigenvalue weighted by molar-refractivity contribution is 6.38. The Balaban J connectivity index is 1.86. The lowest BCUT2D eigenvalue weighted by Crippen LogP contribution is -2.63. The number of Topliss-reactive ketones (excluding diaryl/α,β-unsaturated/α-hetero) is 1. The summed E-state index contributed by atoms with van der Waals surface area (Å²) in [6.45, 7) is 22.4. The number of carbonyl (C=O) groups is 6. The highest BCUT2D eigenvalue weighted by Gasteiger charge is 2.70. The number of hydrogen-bond donors (Lipinski definition) is 5. The molecule has 2 saturated carbocycles. The first-order chi connectivity index (χ1) is 24.3. The van der Waals surface area contributed by atoms with E-state index in [1.165, 1.54) is 6.08 Å². The maximum Gasteiger partial charge on any atom is 0.407 e. The van der Waals surface area contributed by atoms with Crippen LogP contribution in [0.3, 0.4) is 0 Å². The van der Waals surface area contributed by atoms with Crippen LogP contribution in [0, 0.1) is 34.0 Å². The number of hydrogen-bond acceptors (Lipinski definition) is 7. The van der Waals surface area contributed by atoms with Gasteiger partial charge in [-0.1, -0.05) is 100 Å². The second-order valence-corrected chi connectivity index (χ2v) is 17.5. The molecule has 3 fully saturated rings. The number of urea groups is 1. The predicted molar refractivity (Wildman–Crippen MR) is 200 cm³/mol. The maximum absolute atomic E-state index is 14.8. The lowest BCUT2D eigenvalue weighted by Gasteiger charge is -2.43. The molecule has 52 heavy (non-hydrogen) atoms. The minimum absolute atomic E-state index is 0.0624. The van der Waals surface area contributed by atoms with Crippen LogP contribution < -0.4 is 26.6 Å². The summed E-state index contributed by atoms with van der Waals surface area (Å²) in [6.07, 6.45) is 6.89. The molecule has 13 heteroatoms. The second kappa shape index (κ2) is 17.9. The van der Waals surface area contributed by atoms with Gasteiger partial charge in [0.2, 0.25) is 17.6 Å². The number of ketones is 1. The van der Waals surface area contributed by atoms with Gasteiger partial charge in [-0.2, -0.15) is 0 Å². The number of likely N-dealkylation sites (tertiary alicyclic amines) is 1. The van der Waals surface area contributed by atoms with Crippen LogP contribution in [0.5, 0.6) is 0 Å². The van der Waals surface area contributed by atoms with E-state index < -0.39 is 64.7 Å². The van der Waals surface area contributed by atoms with E-state index in [9.17, 15) is 28.8 Å². The number of carbonyl (C=O) groups excluding carboxylic acids is 6. The third-order valence-electron chi connectivity index (χ3n) is 11.5. The quantitative estimate of drug-likeness (QED) is 0.109. The van der Waals surface area contributed by atoms with Crippen molar-refractivity contribution in [2.45, 2.75) is 138 Å². The monoisotopic (exact) mass is 730 g/mol. The Labute approximate surface area is 310 Å². The van der Waals surface area contributed by atoms with Crippen molar-refractivity contribution in [3.05, 3.63) is 12.7 Å². The minimum atomic E-state index is -1.03. The number of nitrogens with zero attached hydrogens (tertiary/aromatic N) is 1. The minimum Gasteiger partial charge on any atom is -0.447 e. The van der Waals surface area contributed by atoms with Gasteiger partial charge >= 0.3 is 12.1 Å². The SMILES string of the molecule is C=CCNC(=O)C(=O)C(CCCC)NC(=O)[C@@H]1[C@@H]2[C@H](CN1C(=O)[C@@H](NC(=O)N[C@H](COC(=O)NCC(C)C)C(C)(C)C)C1(C)CCCCC1)C2(C)C. The van der Waals surface area contributed by atoms with Gasteiger partial charge in [0.1, 0.15) is 18.7 Å². The molecule has 13 nitrogen and oxygen atoms in total. The summed E-state index contributed by atoms with van der Waals surface area (Å²) in [4.78, 5) is 82.6. The molecule has 0 aromatic heterocycles. The second-order valence-electron chi connectivity index (χ2n) is 17.5. The van der Waals surface area contributed by atoms with E-state index in [0.29, 0.717) is 25.9 Å². The van der Waals surface area contributed by atoms with E-state index in [-0.39, 0.29) is 42.2 Å². The van der Waals surface area contributed by atoms with Gasteiger partial charge in [0.25, 0.3) is 5.91 Å². The largest absolute Gasteiger partial charge is 0.447 e. The van der Waals surface area contributed by atoms with Crippen LogP contribution in [0.15, 0.2) is 12.7 Å². The average molecular weight is 731 g/mol. The zero-order valence-corrected chi connectivity index (χ0v) is 33.1. The molecule has 1 unspecified atom stereocenters. The molecule has 6 atom stereocenters. The van der Waals surface area contributed by atoms with Crippen molar-refractivity contribution < 1.29 is 33.5 Å². The maximum atomic E-state index is 14.8. The van der Waals surface area contributed by atoms with Crippen molar-refractivity contribution in [2.24, 2.45) is 34.0 Å². The number of unbranched alkanes of at least 4 members (excludes halogenated alkanes) is 1. The number of nitrogens with one attached hydrogen (secondary N) is 5. The molecular weight excluding hydrogens is 664 g/mol. The molecule has 1 aliphatic heterocycles. The van der Waals surface area contributed by atoms with Crippen LogP contribution in [-0.2, 0) is 23.9 Å². The number of amides is 6. The first-order valence-corrected chi connectivity index (χ1v) is 19.3. The summed E-state index contributed by atoms with van der Waals surface area (Å²) >= 11 is 0. The number of fused-ring (bicyclic) bond motifs is 1. The average Bonchev–Trinajstić information content (AvgIpc) is 3.38. The Hall–Kier alpha value is -3.64. The molecule has 6 amide bonds. The van der Waals surface area contributed by atoms with Gasteiger partial charge < -0.3 is 36.2 Å². The van der Waals surface area contributed by atoms with Gasteiger partial charge in [0.05, 0.1) is 12.1 Å². The summed E-state index contributed by atoms with van der Waals surface area (Å²) < 4.78 is 5.47. The normalized spacial score (nSPS) is 23.3. The zero-order chi connectivity index (χ0) is 39.0. The van der Waals surface area contributed by atoms with Crippen LogP contribution >= 0.6 is 0 Å². The third-order valence-corrected chi connectivity index (χ3v) is 11.5. The number of ether oxygens (including phenoxy) is 1. The van der Waals surface area contributed by atoms with Gasteiger partial charge in [-0.25, -0.2) is 9.59 Å². The lowest BCUT2D eigenvalue weighted by atomic mass is 9.70. The molecule has 0 radical (unpaired) electrons. The Kier molecular flexibility index (Phi) is 14.7. The molecule has 1 heterocycles. The molecule has 0 spiro atoms. The van der Waals surface area contributed by atoms with E-state index in [1.54, 1.807) is 4.90 Å². The molecule has 1 saturated heterocycles. The summed E-state index contributed by atoms with van der Waals surface area (Å²) in [7, 11) is 0. The highest BCUT2D eigenvalue weighted by atomic mass is 16.5. The number of piperidine rings is 1. The number of rotatable bonds is 17. The van der Waals surface area contributed by atoms with E-state index in [0.717, 1.165) is 38.5 Å². The Morgan fingerprint density at radius 3 is 2.19 bits per heavy atom. The molecule has 3 rings (SSSR count). The van der Waals surface area contributed by atoms with Gasteiger partial charge in [0, 0.05) is 19.6 Å². The van der Waals surface area contributed by atoms with Gasteiger partial charge in [-0.05, 0) is 53.3 Å². The van der Waals surface area contributed by atoms with Gasteiger partial charge in [0.15, 0.2) is 0 Å². The summed E-state index contributed by atoms with van der Waals surface area (Å²) in [5.74, 6) is -2.12. The van der Waals surface area contributed by atoms with Crippen molar-refractivity contribution in [1.29, 1.82) is 0 Å². The Morgan fingerprint density at radius 2 is 1.62 bits per heavy atom. The molecule has 5 N–H and O–H groups in total. The van der Waals surface area contributed by atoms with Crippen LogP contribution in [-0.4, -0.2) is 90.9 Å². The van der Waals surface area contributed by atoms with Crippen LogP contribution in [0.2, 0.25) is 0 Å². The topological polar surface area (TPSA) is 175 Å². The fraction of sp³-hybridized carbons (Fsp3) is 0.795. The zero-order valence-electron chi connectivity index (χ0n) is 33.1. The Morgan fingerprint density at radius 1 is 0.962 bits per heavy atom. The first kappa shape index (κ1) is 42.8. The first-order valence-electron chi connectivity index (χ1n) is 19.3. The van der Waals surface area contributed by atoms with Crippen LogP contribution in [0.4, 0.5) is 9.59 Å².